The number of hydrogen-bond acceptors (Lipinski definition) is 5. The number of amides is 1. The summed E-state index contributed by atoms with van der Waals surface area (Å²) in [6, 6.07) is 8.97. The van der Waals surface area contributed by atoms with Gasteiger partial charge in [0.15, 0.2) is 0 Å². The van der Waals surface area contributed by atoms with Gasteiger partial charge in [0.2, 0.25) is 0 Å². The molecule has 8 heteroatoms. The van der Waals surface area contributed by atoms with Gasteiger partial charge in [0.25, 0.3) is 5.91 Å². The number of nitrogens with zero attached hydrogens (tertiary/aromatic N) is 1. The summed E-state index contributed by atoms with van der Waals surface area (Å²) in [6.45, 7) is 1.88. The van der Waals surface area contributed by atoms with Crippen molar-refractivity contribution >= 4 is 36.4 Å². The quantitative estimate of drug-likeness (QED) is 0.677. The fourth-order valence-corrected chi connectivity index (χ4v) is 2.04. The Hall–Kier alpha value is -1.73. The Morgan fingerprint density at radius 3 is 2.68 bits per heavy atom. The Balaban J connectivity index is 0.00000288. The minimum Gasteiger partial charge on any atom is -0.493 e. The second-order valence-corrected chi connectivity index (χ2v) is 5.49. The summed E-state index contributed by atoms with van der Waals surface area (Å²) < 4.78 is 10.9. The minimum absolute atomic E-state index is 0. The summed E-state index contributed by atoms with van der Waals surface area (Å²) in [5, 5.41) is 2.82. The highest BCUT2D eigenvalue weighted by molar-refractivity contribution is 6.04. The fourth-order valence-electron chi connectivity index (χ4n) is 2.04. The number of carbonyl (C=O) groups is 1. The number of rotatable bonds is 8. The summed E-state index contributed by atoms with van der Waals surface area (Å²) >= 11 is 0. The molecular weight excluding hydrogens is 365 g/mol. The predicted octanol–water partition coefficient (Wildman–Crippen LogP) is 3.16. The lowest BCUT2D eigenvalue weighted by Crippen LogP contribution is -2.15. The van der Waals surface area contributed by atoms with Crippen molar-refractivity contribution in [2.75, 3.05) is 32.6 Å². The van der Waals surface area contributed by atoms with Gasteiger partial charge in [-0.25, -0.2) is 0 Å². The van der Waals surface area contributed by atoms with Gasteiger partial charge >= 0.3 is 0 Å². The molecule has 1 amide bonds. The zero-order valence-corrected chi connectivity index (χ0v) is 16.0. The van der Waals surface area contributed by atoms with Crippen molar-refractivity contribution in [3.63, 3.8) is 0 Å². The Labute approximate surface area is 160 Å². The number of benzene rings is 1. The fraction of sp³-hybridized carbons (Fsp3) is 0.353. The standard InChI is InChI=1S/C17H23N3O3.2ClH/c1-20(2)7-4-8-22-15-6-3-5-14(10-15)19-17(21)13-9-16(11-18)23-12-13;;/h3,5-6,9-10,12H,4,7-8,11,18H2,1-2H3,(H,19,21);2*1H. The topological polar surface area (TPSA) is 80.7 Å². The number of carbonyl (C=O) groups excluding carboxylic acids is 1. The molecule has 1 heterocycles. The molecule has 0 fully saturated rings. The first-order chi connectivity index (χ1) is 11.1. The Kier molecular flexibility index (Phi) is 10.9. The molecule has 2 aromatic rings. The number of anilines is 1. The third-order valence-electron chi connectivity index (χ3n) is 3.23. The maximum atomic E-state index is 12.1. The number of halogens is 2. The molecule has 0 aliphatic heterocycles. The Bertz CT molecular complexity index is 648. The van der Waals surface area contributed by atoms with Crippen LogP contribution in [0.4, 0.5) is 5.69 Å². The summed E-state index contributed by atoms with van der Waals surface area (Å²) in [7, 11) is 4.06. The molecule has 2 rings (SSSR count). The number of furan rings is 1. The normalized spacial score (nSPS) is 9.92. The smallest absolute Gasteiger partial charge is 0.258 e. The van der Waals surface area contributed by atoms with Gasteiger partial charge in [-0.2, -0.15) is 0 Å². The van der Waals surface area contributed by atoms with Crippen molar-refractivity contribution in [2.24, 2.45) is 5.73 Å². The van der Waals surface area contributed by atoms with Crippen LogP contribution in [0.1, 0.15) is 22.5 Å². The number of ether oxygens (including phenoxy) is 1. The zero-order valence-electron chi connectivity index (χ0n) is 14.4. The lowest BCUT2D eigenvalue weighted by atomic mass is 10.2. The van der Waals surface area contributed by atoms with Gasteiger partial charge < -0.3 is 25.1 Å². The van der Waals surface area contributed by atoms with Crippen LogP contribution in [0, 0.1) is 0 Å². The van der Waals surface area contributed by atoms with Crippen molar-refractivity contribution < 1.29 is 13.9 Å². The molecule has 0 aliphatic rings. The molecule has 25 heavy (non-hydrogen) atoms. The largest absolute Gasteiger partial charge is 0.493 e. The maximum Gasteiger partial charge on any atom is 0.258 e. The Morgan fingerprint density at radius 1 is 1.28 bits per heavy atom. The van der Waals surface area contributed by atoms with E-state index >= 15 is 0 Å². The van der Waals surface area contributed by atoms with Crippen LogP contribution in [-0.4, -0.2) is 38.1 Å². The van der Waals surface area contributed by atoms with E-state index in [-0.39, 0.29) is 37.3 Å². The first kappa shape index (κ1) is 23.3. The summed E-state index contributed by atoms with van der Waals surface area (Å²) in [5.41, 5.74) is 6.59. The summed E-state index contributed by atoms with van der Waals surface area (Å²) in [6.07, 6.45) is 2.35. The molecule has 140 valence electrons. The minimum atomic E-state index is -0.238. The molecule has 0 radical (unpaired) electrons. The van der Waals surface area contributed by atoms with Gasteiger partial charge in [0, 0.05) is 18.3 Å². The Morgan fingerprint density at radius 2 is 2.04 bits per heavy atom. The van der Waals surface area contributed by atoms with E-state index < -0.39 is 0 Å². The van der Waals surface area contributed by atoms with Crippen LogP contribution in [0.25, 0.3) is 0 Å². The van der Waals surface area contributed by atoms with E-state index in [0.29, 0.717) is 23.6 Å². The van der Waals surface area contributed by atoms with Crippen molar-refractivity contribution in [3.8, 4) is 5.75 Å². The van der Waals surface area contributed by atoms with E-state index in [4.69, 9.17) is 14.9 Å². The molecule has 3 N–H and O–H groups in total. The van der Waals surface area contributed by atoms with Gasteiger partial charge in [-0.15, -0.1) is 24.8 Å². The van der Waals surface area contributed by atoms with E-state index in [0.717, 1.165) is 18.7 Å². The highest BCUT2D eigenvalue weighted by atomic mass is 35.5. The molecule has 0 aliphatic carbocycles. The van der Waals surface area contributed by atoms with Gasteiger partial charge in [-0.05, 0) is 38.7 Å². The van der Waals surface area contributed by atoms with Crippen LogP contribution in [0.5, 0.6) is 5.75 Å². The van der Waals surface area contributed by atoms with Gasteiger partial charge in [0.1, 0.15) is 17.8 Å². The van der Waals surface area contributed by atoms with E-state index in [9.17, 15) is 4.79 Å². The monoisotopic (exact) mass is 389 g/mol. The second kappa shape index (κ2) is 11.8. The lowest BCUT2D eigenvalue weighted by molar-refractivity contribution is 0.102. The number of nitrogens with one attached hydrogen (secondary N) is 1. The van der Waals surface area contributed by atoms with Crippen LogP contribution < -0.4 is 15.8 Å². The van der Waals surface area contributed by atoms with Gasteiger partial charge in [-0.1, -0.05) is 6.07 Å². The van der Waals surface area contributed by atoms with E-state index in [1.54, 1.807) is 12.1 Å². The van der Waals surface area contributed by atoms with Crippen LogP contribution in [0.3, 0.4) is 0 Å². The van der Waals surface area contributed by atoms with E-state index in [1.165, 1.54) is 6.26 Å². The molecule has 0 unspecified atom stereocenters. The average molecular weight is 390 g/mol. The first-order valence-electron chi connectivity index (χ1n) is 7.55. The average Bonchev–Trinajstić information content (AvgIpc) is 3.01. The molecule has 6 nitrogen and oxygen atoms in total. The number of hydrogen-bond donors (Lipinski definition) is 2. The molecule has 1 aromatic carbocycles. The third-order valence-corrected chi connectivity index (χ3v) is 3.23. The summed E-state index contributed by atoms with van der Waals surface area (Å²) in [4.78, 5) is 14.2. The van der Waals surface area contributed by atoms with E-state index in [2.05, 4.69) is 10.2 Å². The summed E-state index contributed by atoms with van der Waals surface area (Å²) in [5.74, 6) is 1.07. The SMILES string of the molecule is CN(C)CCCOc1cccc(NC(=O)c2coc(CN)c2)c1.Cl.Cl. The molecule has 0 bridgehead atoms. The van der Waals surface area contributed by atoms with Crippen LogP contribution in [0.15, 0.2) is 41.0 Å². The van der Waals surface area contributed by atoms with Crippen LogP contribution in [-0.2, 0) is 6.54 Å². The van der Waals surface area contributed by atoms with Gasteiger partial charge in [0.05, 0.1) is 18.7 Å². The molecule has 0 spiro atoms. The molecular formula is C17H25Cl2N3O3. The van der Waals surface area contributed by atoms with Crippen molar-refractivity contribution in [1.29, 1.82) is 0 Å². The zero-order chi connectivity index (χ0) is 16.7. The molecule has 0 atom stereocenters. The van der Waals surface area contributed by atoms with Crippen molar-refractivity contribution in [2.45, 2.75) is 13.0 Å². The predicted molar refractivity (Wildman–Crippen MR) is 104 cm³/mol. The van der Waals surface area contributed by atoms with Gasteiger partial charge in [-0.3, -0.25) is 4.79 Å². The van der Waals surface area contributed by atoms with Crippen molar-refractivity contribution in [3.05, 3.63) is 47.9 Å². The van der Waals surface area contributed by atoms with Crippen LogP contribution >= 0.6 is 24.8 Å². The first-order valence-corrected chi connectivity index (χ1v) is 7.55. The maximum absolute atomic E-state index is 12.1. The second-order valence-electron chi connectivity index (χ2n) is 5.49. The third kappa shape index (κ3) is 7.79. The highest BCUT2D eigenvalue weighted by Gasteiger charge is 2.10. The molecule has 0 saturated carbocycles. The lowest BCUT2D eigenvalue weighted by Gasteiger charge is -2.11. The molecule has 1 aromatic heterocycles. The van der Waals surface area contributed by atoms with E-state index in [1.807, 2.05) is 32.3 Å². The highest BCUT2D eigenvalue weighted by Crippen LogP contribution is 2.19. The van der Waals surface area contributed by atoms with Crippen LogP contribution in [0.2, 0.25) is 0 Å². The number of nitrogens with two attached hydrogens (primary N) is 1. The van der Waals surface area contributed by atoms with Crippen molar-refractivity contribution in [1.82, 2.24) is 4.90 Å². The molecule has 0 saturated heterocycles.